The van der Waals surface area contributed by atoms with E-state index in [1.165, 1.54) is 5.56 Å². The molecule has 0 amide bonds. The Bertz CT molecular complexity index is 517. The van der Waals surface area contributed by atoms with Crippen molar-refractivity contribution in [1.82, 2.24) is 0 Å². The Morgan fingerprint density at radius 1 is 1.00 bits per heavy atom. The van der Waals surface area contributed by atoms with Crippen LogP contribution in [-0.2, 0) is 12.8 Å². The molecule has 2 aromatic carbocycles. The molecule has 0 fully saturated rings. The summed E-state index contributed by atoms with van der Waals surface area (Å²) in [5.74, 6) is 0.736. The highest BCUT2D eigenvalue weighted by Gasteiger charge is 2.13. The monoisotopic (exact) mass is 256 g/mol. The van der Waals surface area contributed by atoms with E-state index in [0.717, 1.165) is 23.3 Å². The minimum Gasteiger partial charge on any atom is -0.496 e. The van der Waals surface area contributed by atoms with E-state index >= 15 is 0 Å². The van der Waals surface area contributed by atoms with Gasteiger partial charge in [0.1, 0.15) is 5.75 Å². The second-order valence-electron chi connectivity index (χ2n) is 4.63. The van der Waals surface area contributed by atoms with Gasteiger partial charge in [0.05, 0.1) is 13.2 Å². The zero-order valence-corrected chi connectivity index (χ0v) is 11.5. The van der Waals surface area contributed by atoms with E-state index in [9.17, 15) is 5.11 Å². The van der Waals surface area contributed by atoms with Crippen LogP contribution in [0.4, 0.5) is 0 Å². The molecule has 0 heterocycles. The number of methoxy groups -OCH3 is 1. The van der Waals surface area contributed by atoms with Gasteiger partial charge in [0.2, 0.25) is 0 Å². The average Bonchev–Trinajstić information content (AvgIpc) is 2.48. The van der Waals surface area contributed by atoms with Gasteiger partial charge in [-0.3, -0.25) is 0 Å². The van der Waals surface area contributed by atoms with Crippen LogP contribution in [0.15, 0.2) is 48.5 Å². The van der Waals surface area contributed by atoms with Crippen LogP contribution >= 0.6 is 0 Å². The zero-order chi connectivity index (χ0) is 13.7. The van der Waals surface area contributed by atoms with E-state index in [0.29, 0.717) is 6.42 Å². The van der Waals surface area contributed by atoms with Crippen molar-refractivity contribution in [3.05, 3.63) is 65.2 Å². The van der Waals surface area contributed by atoms with Crippen LogP contribution in [0.5, 0.6) is 5.75 Å². The molecule has 19 heavy (non-hydrogen) atoms. The summed E-state index contributed by atoms with van der Waals surface area (Å²) in [5.41, 5.74) is 3.29. The van der Waals surface area contributed by atoms with Crippen LogP contribution in [0.2, 0.25) is 0 Å². The molecule has 1 atom stereocenters. The van der Waals surface area contributed by atoms with E-state index < -0.39 is 6.10 Å². The Morgan fingerprint density at radius 3 is 2.26 bits per heavy atom. The summed E-state index contributed by atoms with van der Waals surface area (Å²) >= 11 is 0. The quantitative estimate of drug-likeness (QED) is 0.886. The summed E-state index contributed by atoms with van der Waals surface area (Å²) < 4.78 is 5.28. The summed E-state index contributed by atoms with van der Waals surface area (Å²) in [7, 11) is 1.63. The molecule has 0 spiro atoms. The van der Waals surface area contributed by atoms with Crippen LogP contribution < -0.4 is 4.74 Å². The topological polar surface area (TPSA) is 29.5 Å². The van der Waals surface area contributed by atoms with Crippen LogP contribution in [0.25, 0.3) is 0 Å². The van der Waals surface area contributed by atoms with Crippen LogP contribution in [-0.4, -0.2) is 12.2 Å². The predicted octanol–water partition coefficient (Wildman–Crippen LogP) is 3.53. The minimum absolute atomic E-state index is 0.538. The zero-order valence-electron chi connectivity index (χ0n) is 11.5. The van der Waals surface area contributed by atoms with Gasteiger partial charge in [0.15, 0.2) is 0 Å². The highest BCUT2D eigenvalue weighted by Crippen LogP contribution is 2.27. The number of aliphatic hydroxyl groups excluding tert-OH is 1. The number of para-hydroxylation sites is 1. The molecule has 1 N–H and O–H groups in total. The standard InChI is InChI=1S/C17H20O2/c1-3-13-8-10-14(11-9-13)12-16(18)15-6-4-5-7-17(15)19-2/h4-11,16,18H,3,12H2,1-2H3. The first kappa shape index (κ1) is 13.6. The van der Waals surface area contributed by atoms with Gasteiger partial charge < -0.3 is 9.84 Å². The highest BCUT2D eigenvalue weighted by molar-refractivity contribution is 5.36. The summed E-state index contributed by atoms with van der Waals surface area (Å²) in [6, 6.07) is 16.0. The van der Waals surface area contributed by atoms with E-state index in [1.54, 1.807) is 7.11 Å². The number of rotatable bonds is 5. The average molecular weight is 256 g/mol. The third-order valence-electron chi connectivity index (χ3n) is 3.36. The number of aliphatic hydroxyl groups is 1. The lowest BCUT2D eigenvalue weighted by Gasteiger charge is -2.14. The fourth-order valence-corrected chi connectivity index (χ4v) is 2.19. The number of aryl methyl sites for hydroxylation is 1. The molecule has 100 valence electrons. The molecule has 0 aliphatic heterocycles. The smallest absolute Gasteiger partial charge is 0.124 e. The maximum Gasteiger partial charge on any atom is 0.124 e. The lowest BCUT2D eigenvalue weighted by molar-refractivity contribution is 0.174. The van der Waals surface area contributed by atoms with Crippen LogP contribution in [0.3, 0.4) is 0 Å². The van der Waals surface area contributed by atoms with Crippen molar-refractivity contribution in [2.75, 3.05) is 7.11 Å². The van der Waals surface area contributed by atoms with Gasteiger partial charge in [-0.25, -0.2) is 0 Å². The molecular weight excluding hydrogens is 236 g/mol. The number of hydrogen-bond donors (Lipinski definition) is 1. The molecule has 2 nitrogen and oxygen atoms in total. The second-order valence-corrected chi connectivity index (χ2v) is 4.63. The summed E-state index contributed by atoms with van der Waals surface area (Å²) in [5, 5.41) is 10.3. The van der Waals surface area contributed by atoms with E-state index in [2.05, 4.69) is 31.2 Å². The number of benzene rings is 2. The van der Waals surface area contributed by atoms with Gasteiger partial charge >= 0.3 is 0 Å². The first-order chi connectivity index (χ1) is 9.24. The summed E-state index contributed by atoms with van der Waals surface area (Å²) in [6.45, 7) is 2.14. The molecule has 2 aromatic rings. The van der Waals surface area contributed by atoms with Crippen LogP contribution in [0.1, 0.15) is 29.7 Å². The largest absolute Gasteiger partial charge is 0.496 e. The van der Waals surface area contributed by atoms with E-state index in [4.69, 9.17) is 4.74 Å². The molecule has 0 saturated heterocycles. The Balaban J connectivity index is 2.13. The third kappa shape index (κ3) is 3.36. The normalized spacial score (nSPS) is 12.2. The fourth-order valence-electron chi connectivity index (χ4n) is 2.19. The molecule has 0 aliphatic carbocycles. The third-order valence-corrected chi connectivity index (χ3v) is 3.36. The van der Waals surface area contributed by atoms with Gasteiger partial charge in [-0.1, -0.05) is 49.4 Å². The van der Waals surface area contributed by atoms with Crippen molar-refractivity contribution in [1.29, 1.82) is 0 Å². The molecule has 0 radical (unpaired) electrons. The van der Waals surface area contributed by atoms with Crippen molar-refractivity contribution in [3.8, 4) is 5.75 Å². The van der Waals surface area contributed by atoms with Crippen molar-refractivity contribution in [2.24, 2.45) is 0 Å². The SMILES string of the molecule is CCc1ccc(CC(O)c2ccccc2OC)cc1. The maximum absolute atomic E-state index is 10.3. The molecule has 1 unspecified atom stereocenters. The van der Waals surface area contributed by atoms with Gasteiger partial charge in [0, 0.05) is 12.0 Å². The molecule has 0 saturated carbocycles. The van der Waals surface area contributed by atoms with E-state index in [-0.39, 0.29) is 0 Å². The second kappa shape index (κ2) is 6.39. The Hall–Kier alpha value is -1.80. The van der Waals surface area contributed by atoms with Crippen molar-refractivity contribution in [3.63, 3.8) is 0 Å². The molecule has 0 aliphatic rings. The van der Waals surface area contributed by atoms with Crippen LogP contribution in [0, 0.1) is 0 Å². The Kier molecular flexibility index (Phi) is 4.58. The van der Waals surface area contributed by atoms with Gasteiger partial charge in [0.25, 0.3) is 0 Å². The molecule has 2 rings (SSSR count). The van der Waals surface area contributed by atoms with Crippen molar-refractivity contribution in [2.45, 2.75) is 25.9 Å². The van der Waals surface area contributed by atoms with Crippen molar-refractivity contribution < 1.29 is 9.84 Å². The molecular formula is C17H20O2. The van der Waals surface area contributed by atoms with E-state index in [1.807, 2.05) is 24.3 Å². The minimum atomic E-state index is -0.538. The summed E-state index contributed by atoms with van der Waals surface area (Å²) in [4.78, 5) is 0. The number of hydrogen-bond acceptors (Lipinski definition) is 2. The lowest BCUT2D eigenvalue weighted by atomic mass is 9.99. The molecule has 2 heteroatoms. The highest BCUT2D eigenvalue weighted by atomic mass is 16.5. The summed E-state index contributed by atoms with van der Waals surface area (Å²) in [6.07, 6.45) is 1.10. The maximum atomic E-state index is 10.3. The molecule has 0 bridgehead atoms. The van der Waals surface area contributed by atoms with Gasteiger partial charge in [-0.15, -0.1) is 0 Å². The fraction of sp³-hybridized carbons (Fsp3) is 0.294. The predicted molar refractivity (Wildman–Crippen MR) is 77.5 cm³/mol. The lowest BCUT2D eigenvalue weighted by Crippen LogP contribution is -2.04. The first-order valence-corrected chi connectivity index (χ1v) is 6.63. The number of ether oxygens (including phenoxy) is 1. The Labute approximate surface area is 114 Å². The van der Waals surface area contributed by atoms with Gasteiger partial charge in [-0.2, -0.15) is 0 Å². The first-order valence-electron chi connectivity index (χ1n) is 6.63. The van der Waals surface area contributed by atoms with Crippen molar-refractivity contribution >= 4 is 0 Å². The van der Waals surface area contributed by atoms with Gasteiger partial charge in [-0.05, 0) is 23.6 Å². The molecule has 0 aromatic heterocycles. The Morgan fingerprint density at radius 2 is 1.63 bits per heavy atom.